The summed E-state index contributed by atoms with van der Waals surface area (Å²) in [6.07, 6.45) is 4.89. The number of hydrogen-bond acceptors (Lipinski definition) is 5. The molecule has 0 spiro atoms. The molecule has 2 N–H and O–H groups in total. The van der Waals surface area contributed by atoms with Gasteiger partial charge in [-0.1, -0.05) is 12.1 Å². The molecule has 1 aromatic carbocycles. The second-order valence-electron chi connectivity index (χ2n) is 6.44. The van der Waals surface area contributed by atoms with Gasteiger partial charge in [0.1, 0.15) is 0 Å². The molecule has 0 unspecified atom stereocenters. The zero-order valence-corrected chi connectivity index (χ0v) is 14.7. The number of amides is 1. The topological polar surface area (TPSA) is 95.4 Å². The van der Waals surface area contributed by atoms with Gasteiger partial charge in [-0.05, 0) is 43.4 Å². The molecule has 1 atom stereocenters. The minimum absolute atomic E-state index is 0.0447. The third-order valence-corrected chi connectivity index (χ3v) is 4.53. The number of rotatable bonds is 6. The molecule has 3 rings (SSSR count). The molecule has 0 radical (unpaired) electrons. The summed E-state index contributed by atoms with van der Waals surface area (Å²) in [5, 5.41) is 12.0. The van der Waals surface area contributed by atoms with Crippen molar-refractivity contribution in [2.45, 2.75) is 19.8 Å². The highest BCUT2D eigenvalue weighted by molar-refractivity contribution is 5.93. The second-order valence-corrected chi connectivity index (χ2v) is 6.44. The Morgan fingerprint density at radius 2 is 1.88 bits per heavy atom. The van der Waals surface area contributed by atoms with E-state index < -0.39 is 5.97 Å². The summed E-state index contributed by atoms with van der Waals surface area (Å²) in [6, 6.07) is 6.94. The first-order chi connectivity index (χ1) is 12.6. The van der Waals surface area contributed by atoms with Crippen LogP contribution in [-0.4, -0.2) is 51.5 Å². The quantitative estimate of drug-likeness (QED) is 0.826. The Labute approximate surface area is 152 Å². The molecule has 26 heavy (non-hydrogen) atoms. The maximum Gasteiger partial charge on any atom is 0.335 e. The lowest BCUT2D eigenvalue weighted by atomic mass is 9.98. The maximum absolute atomic E-state index is 12.6. The first kappa shape index (κ1) is 17.8. The number of benzene rings is 1. The number of anilines is 1. The highest BCUT2D eigenvalue weighted by Crippen LogP contribution is 2.22. The molecule has 1 amide bonds. The van der Waals surface area contributed by atoms with Gasteiger partial charge in [0.05, 0.1) is 11.1 Å². The number of nitrogens with zero attached hydrogens (tertiary/aromatic N) is 3. The van der Waals surface area contributed by atoms with E-state index in [0.29, 0.717) is 30.5 Å². The second kappa shape index (κ2) is 7.95. The van der Waals surface area contributed by atoms with Gasteiger partial charge in [-0.15, -0.1) is 0 Å². The van der Waals surface area contributed by atoms with Crippen molar-refractivity contribution in [3.05, 3.63) is 53.3 Å². The minimum atomic E-state index is -0.920. The predicted molar refractivity (Wildman–Crippen MR) is 97.3 cm³/mol. The van der Waals surface area contributed by atoms with Crippen LogP contribution in [0.2, 0.25) is 0 Å². The molecule has 0 saturated carbocycles. The summed E-state index contributed by atoms with van der Waals surface area (Å²) in [5.41, 5.74) is 1.88. The number of carbonyl (C=O) groups excluding carboxylic acids is 1. The Morgan fingerprint density at radius 1 is 1.19 bits per heavy atom. The van der Waals surface area contributed by atoms with E-state index in [4.69, 9.17) is 5.11 Å². The van der Waals surface area contributed by atoms with Crippen LogP contribution >= 0.6 is 0 Å². The van der Waals surface area contributed by atoms with E-state index in [1.165, 1.54) is 0 Å². The highest BCUT2D eigenvalue weighted by atomic mass is 16.4. The van der Waals surface area contributed by atoms with Crippen LogP contribution in [0.5, 0.6) is 0 Å². The summed E-state index contributed by atoms with van der Waals surface area (Å²) >= 11 is 0. The number of aromatic nitrogens is 2. The van der Waals surface area contributed by atoms with Crippen molar-refractivity contribution in [2.24, 2.45) is 5.92 Å². The van der Waals surface area contributed by atoms with E-state index in [0.717, 1.165) is 24.9 Å². The molecule has 7 heteroatoms. The van der Waals surface area contributed by atoms with Crippen molar-refractivity contribution in [2.75, 3.05) is 25.0 Å². The van der Waals surface area contributed by atoms with Crippen LogP contribution in [-0.2, 0) is 6.42 Å². The average molecular weight is 354 g/mol. The zero-order valence-electron chi connectivity index (χ0n) is 14.7. The van der Waals surface area contributed by atoms with E-state index in [1.807, 2.05) is 24.0 Å². The molecule has 136 valence electrons. The predicted octanol–water partition coefficient (Wildman–Crippen LogP) is 2.31. The Hall–Kier alpha value is -2.96. The van der Waals surface area contributed by atoms with Crippen molar-refractivity contribution < 1.29 is 14.7 Å². The molecule has 1 aliphatic heterocycles. The Bertz CT molecular complexity index is 774. The molecule has 1 fully saturated rings. The fraction of sp³-hybridized carbons (Fsp3) is 0.368. The number of aromatic carboxylic acids is 1. The first-order valence-corrected chi connectivity index (χ1v) is 8.74. The largest absolute Gasteiger partial charge is 0.478 e. The number of carbonyl (C=O) groups is 2. The summed E-state index contributed by atoms with van der Waals surface area (Å²) < 4.78 is 0. The molecule has 1 saturated heterocycles. The Balaban J connectivity index is 1.57. The number of nitrogens with one attached hydrogen (secondary N) is 1. The molecule has 1 aliphatic rings. The van der Waals surface area contributed by atoms with Crippen molar-refractivity contribution in [1.29, 1.82) is 0 Å². The van der Waals surface area contributed by atoms with Gasteiger partial charge in [-0.2, -0.15) is 0 Å². The first-order valence-electron chi connectivity index (χ1n) is 8.74. The van der Waals surface area contributed by atoms with Crippen LogP contribution in [0.1, 0.15) is 39.6 Å². The monoisotopic (exact) mass is 354 g/mol. The van der Waals surface area contributed by atoms with Gasteiger partial charge in [0, 0.05) is 32.0 Å². The normalized spacial score (nSPS) is 16.5. The van der Waals surface area contributed by atoms with Crippen LogP contribution in [0.3, 0.4) is 0 Å². The molecule has 2 aromatic rings. The van der Waals surface area contributed by atoms with Crippen molar-refractivity contribution in [3.8, 4) is 0 Å². The average Bonchev–Trinajstić information content (AvgIpc) is 3.11. The van der Waals surface area contributed by atoms with Gasteiger partial charge in [-0.25, -0.2) is 14.8 Å². The number of carboxylic acid groups (broad SMARTS) is 1. The maximum atomic E-state index is 12.6. The standard InChI is InChI=1S/C19H22N4O3/c1-2-20-19-21-10-16(11-22-19)17(24)23-8-7-14(12-23)9-13-3-5-15(6-4-13)18(25)26/h3-6,10-11,14H,2,7-9,12H2,1H3,(H,25,26)(H,20,21,22)/t14-/m1/s1. The molecule has 0 aliphatic carbocycles. The molecule has 1 aromatic heterocycles. The summed E-state index contributed by atoms with van der Waals surface area (Å²) in [7, 11) is 0. The number of hydrogen-bond donors (Lipinski definition) is 2. The van der Waals surface area contributed by atoms with Gasteiger partial charge >= 0.3 is 5.97 Å². The van der Waals surface area contributed by atoms with Crippen LogP contribution in [0, 0.1) is 5.92 Å². The Morgan fingerprint density at radius 3 is 2.50 bits per heavy atom. The fourth-order valence-electron chi connectivity index (χ4n) is 3.17. The van der Waals surface area contributed by atoms with Gasteiger partial charge in [-0.3, -0.25) is 4.79 Å². The van der Waals surface area contributed by atoms with E-state index in [1.54, 1.807) is 24.5 Å². The van der Waals surface area contributed by atoms with E-state index in [9.17, 15) is 9.59 Å². The lowest BCUT2D eigenvalue weighted by Crippen LogP contribution is -2.29. The third kappa shape index (κ3) is 4.17. The molecule has 7 nitrogen and oxygen atoms in total. The van der Waals surface area contributed by atoms with Crippen molar-refractivity contribution in [1.82, 2.24) is 14.9 Å². The van der Waals surface area contributed by atoms with Crippen LogP contribution < -0.4 is 5.32 Å². The molecule has 0 bridgehead atoms. The highest BCUT2D eigenvalue weighted by Gasteiger charge is 2.27. The van der Waals surface area contributed by atoms with Crippen LogP contribution in [0.15, 0.2) is 36.7 Å². The van der Waals surface area contributed by atoms with Gasteiger partial charge in [0.15, 0.2) is 0 Å². The van der Waals surface area contributed by atoms with Crippen molar-refractivity contribution in [3.63, 3.8) is 0 Å². The lowest BCUT2D eigenvalue weighted by molar-refractivity contribution is 0.0696. The van der Waals surface area contributed by atoms with E-state index in [2.05, 4.69) is 15.3 Å². The molecule has 2 heterocycles. The van der Waals surface area contributed by atoms with Crippen LogP contribution in [0.4, 0.5) is 5.95 Å². The van der Waals surface area contributed by atoms with E-state index >= 15 is 0 Å². The third-order valence-electron chi connectivity index (χ3n) is 4.53. The van der Waals surface area contributed by atoms with Gasteiger partial charge < -0.3 is 15.3 Å². The SMILES string of the molecule is CCNc1ncc(C(=O)N2CC[C@H](Cc3ccc(C(=O)O)cc3)C2)cn1. The smallest absolute Gasteiger partial charge is 0.335 e. The van der Waals surface area contributed by atoms with Crippen LogP contribution in [0.25, 0.3) is 0 Å². The summed E-state index contributed by atoms with van der Waals surface area (Å²) in [6.45, 7) is 4.09. The van der Waals surface area contributed by atoms with Crippen molar-refractivity contribution >= 4 is 17.8 Å². The fourth-order valence-corrected chi connectivity index (χ4v) is 3.17. The summed E-state index contributed by atoms with van der Waals surface area (Å²) in [4.78, 5) is 33.6. The number of carboxylic acids is 1. The minimum Gasteiger partial charge on any atom is -0.478 e. The molecular formula is C19H22N4O3. The summed E-state index contributed by atoms with van der Waals surface area (Å²) in [5.74, 6) is -0.0712. The van der Waals surface area contributed by atoms with Gasteiger partial charge in [0.25, 0.3) is 5.91 Å². The van der Waals surface area contributed by atoms with Gasteiger partial charge in [0.2, 0.25) is 5.95 Å². The van der Waals surface area contributed by atoms with E-state index in [-0.39, 0.29) is 11.5 Å². The Kier molecular flexibility index (Phi) is 5.46. The molecular weight excluding hydrogens is 332 g/mol. The zero-order chi connectivity index (χ0) is 18.5. The lowest BCUT2D eigenvalue weighted by Gasteiger charge is -2.16. The number of likely N-dealkylation sites (tertiary alicyclic amines) is 1.